The molecule has 4 aliphatic carbocycles. The van der Waals surface area contributed by atoms with Gasteiger partial charge in [-0.15, -0.1) is 0 Å². The number of esters is 1. The molecule has 0 unspecified atom stereocenters. The van der Waals surface area contributed by atoms with Crippen molar-refractivity contribution in [3.63, 3.8) is 0 Å². The van der Waals surface area contributed by atoms with Crippen molar-refractivity contribution in [2.75, 3.05) is 7.11 Å². The number of hydrogen-bond donors (Lipinski definition) is 0. The molecule has 0 aromatic heterocycles. The summed E-state index contributed by atoms with van der Waals surface area (Å²) in [5.74, 6) is 5.15. The van der Waals surface area contributed by atoms with Crippen LogP contribution in [0.3, 0.4) is 0 Å². The van der Waals surface area contributed by atoms with Crippen LogP contribution in [0.1, 0.15) is 85.0 Å². The first kappa shape index (κ1) is 19.5. The van der Waals surface area contributed by atoms with Crippen LogP contribution >= 0.6 is 0 Å². The van der Waals surface area contributed by atoms with Crippen molar-refractivity contribution in [3.05, 3.63) is 12.2 Å². The van der Waals surface area contributed by atoms with Gasteiger partial charge in [0.05, 0.1) is 7.11 Å². The van der Waals surface area contributed by atoms with Gasteiger partial charge in [0.2, 0.25) is 0 Å². The highest BCUT2D eigenvalue weighted by Crippen LogP contribution is 2.67. The van der Waals surface area contributed by atoms with Gasteiger partial charge in [0.25, 0.3) is 0 Å². The van der Waals surface area contributed by atoms with Gasteiger partial charge in [0.1, 0.15) is 0 Å². The van der Waals surface area contributed by atoms with Crippen LogP contribution in [-0.4, -0.2) is 13.1 Å². The lowest BCUT2D eigenvalue weighted by Crippen LogP contribution is -2.52. The molecule has 0 amide bonds. The largest absolute Gasteiger partial charge is 0.469 e. The van der Waals surface area contributed by atoms with Crippen molar-refractivity contribution < 1.29 is 9.53 Å². The number of carbonyl (C=O) groups excluding carboxylic acids is 1. The van der Waals surface area contributed by atoms with Gasteiger partial charge in [0, 0.05) is 6.42 Å². The number of methoxy groups -OCH3 is 1. The average molecular weight is 373 g/mol. The molecule has 2 heteroatoms. The van der Waals surface area contributed by atoms with Crippen LogP contribution < -0.4 is 0 Å². The highest BCUT2D eigenvalue weighted by molar-refractivity contribution is 5.69. The molecule has 3 saturated carbocycles. The van der Waals surface area contributed by atoms with Crippen LogP contribution in [-0.2, 0) is 9.53 Å². The van der Waals surface area contributed by atoms with E-state index in [9.17, 15) is 4.79 Å². The molecular weight excluding hydrogens is 332 g/mol. The Bertz CT molecular complexity index is 595. The van der Waals surface area contributed by atoms with Crippen LogP contribution in [0.2, 0.25) is 0 Å². The van der Waals surface area contributed by atoms with Crippen LogP contribution in [0, 0.1) is 46.3 Å². The Morgan fingerprint density at radius 2 is 1.85 bits per heavy atom. The van der Waals surface area contributed by atoms with E-state index in [1.165, 1.54) is 58.5 Å². The van der Waals surface area contributed by atoms with Crippen LogP contribution in [0.5, 0.6) is 0 Å². The summed E-state index contributed by atoms with van der Waals surface area (Å²) in [4.78, 5) is 11.6. The second-order valence-corrected chi connectivity index (χ2v) is 10.9. The van der Waals surface area contributed by atoms with Crippen LogP contribution in [0.15, 0.2) is 12.2 Å². The van der Waals surface area contributed by atoms with E-state index in [1.807, 2.05) is 0 Å². The number of rotatable bonds is 4. The third kappa shape index (κ3) is 3.10. The Morgan fingerprint density at radius 3 is 2.63 bits per heavy atom. The zero-order valence-electron chi connectivity index (χ0n) is 18.0. The van der Waals surface area contributed by atoms with Crippen molar-refractivity contribution in [3.8, 4) is 0 Å². The predicted octanol–water partition coefficient (Wildman–Crippen LogP) is 6.40. The Labute approximate surface area is 166 Å². The van der Waals surface area contributed by atoms with Crippen molar-refractivity contribution in [1.29, 1.82) is 0 Å². The van der Waals surface area contributed by atoms with E-state index in [1.54, 1.807) is 0 Å². The lowest BCUT2D eigenvalue weighted by Gasteiger charge is -2.60. The molecule has 4 aliphatic rings. The molecule has 0 heterocycles. The Morgan fingerprint density at radius 1 is 1.07 bits per heavy atom. The zero-order valence-corrected chi connectivity index (χ0v) is 18.0. The number of ether oxygens (including phenoxy) is 1. The molecule has 152 valence electrons. The van der Waals surface area contributed by atoms with Crippen molar-refractivity contribution in [2.45, 2.75) is 85.0 Å². The number of hydrogen-bond acceptors (Lipinski definition) is 2. The zero-order chi connectivity index (χ0) is 19.2. The van der Waals surface area contributed by atoms with Gasteiger partial charge >= 0.3 is 5.97 Å². The number of fused-ring (bicyclic) bond motifs is 5. The summed E-state index contributed by atoms with van der Waals surface area (Å²) in [6, 6.07) is 0. The second kappa shape index (κ2) is 7.23. The Kier molecular flexibility index (Phi) is 5.23. The van der Waals surface area contributed by atoms with Gasteiger partial charge in [-0.05, 0) is 104 Å². The first-order valence-electron chi connectivity index (χ1n) is 11.6. The van der Waals surface area contributed by atoms with Gasteiger partial charge in [-0.3, -0.25) is 4.79 Å². The van der Waals surface area contributed by atoms with Crippen molar-refractivity contribution in [2.24, 2.45) is 46.3 Å². The second-order valence-electron chi connectivity index (χ2n) is 10.9. The lowest BCUT2D eigenvalue weighted by molar-refractivity contribution is -0.141. The quantitative estimate of drug-likeness (QED) is 0.421. The minimum absolute atomic E-state index is 0.0399. The molecule has 0 aliphatic heterocycles. The van der Waals surface area contributed by atoms with Gasteiger partial charge in [-0.25, -0.2) is 0 Å². The summed E-state index contributed by atoms with van der Waals surface area (Å²) >= 11 is 0. The summed E-state index contributed by atoms with van der Waals surface area (Å²) < 4.78 is 4.88. The molecule has 0 aromatic carbocycles. The molecule has 2 nitrogen and oxygen atoms in total. The molecule has 0 spiro atoms. The molecule has 0 aromatic rings. The fourth-order valence-electron chi connectivity index (χ4n) is 8.46. The van der Waals surface area contributed by atoms with E-state index in [0.717, 1.165) is 36.0 Å². The maximum atomic E-state index is 11.6. The van der Waals surface area contributed by atoms with E-state index >= 15 is 0 Å². The van der Waals surface area contributed by atoms with Gasteiger partial charge in [-0.1, -0.05) is 32.9 Å². The maximum absolute atomic E-state index is 11.6. The molecule has 4 rings (SSSR count). The SMILES string of the molecule is COC(=O)CC[C@@H](C)[C@H]1CC[C@H]2[C@@H]3CC[C@@H]4CC=CC[C@]4(C)[C@H]3CC[C@]12C. The Hall–Kier alpha value is -0.790. The van der Waals surface area contributed by atoms with Crippen LogP contribution in [0.4, 0.5) is 0 Å². The van der Waals surface area contributed by atoms with Crippen molar-refractivity contribution >= 4 is 5.97 Å². The van der Waals surface area contributed by atoms with E-state index < -0.39 is 0 Å². The van der Waals surface area contributed by atoms with Crippen molar-refractivity contribution in [1.82, 2.24) is 0 Å². The average Bonchev–Trinajstić information content (AvgIpc) is 3.02. The van der Waals surface area contributed by atoms with E-state index in [4.69, 9.17) is 4.74 Å². The highest BCUT2D eigenvalue weighted by Gasteiger charge is 2.59. The third-order valence-corrected chi connectivity index (χ3v) is 10.0. The monoisotopic (exact) mass is 372 g/mol. The molecular formula is C25H40O2. The molecule has 3 fully saturated rings. The first-order valence-corrected chi connectivity index (χ1v) is 11.6. The smallest absolute Gasteiger partial charge is 0.305 e. The fraction of sp³-hybridized carbons (Fsp3) is 0.880. The van der Waals surface area contributed by atoms with Crippen LogP contribution in [0.25, 0.3) is 0 Å². The first-order chi connectivity index (χ1) is 12.9. The van der Waals surface area contributed by atoms with E-state index in [0.29, 0.717) is 23.2 Å². The lowest BCUT2D eigenvalue weighted by atomic mass is 9.45. The predicted molar refractivity (Wildman–Crippen MR) is 110 cm³/mol. The standard InChI is InChI=1S/C25H40O2/c1-17(8-13-23(26)27-4)20-11-12-21-19-10-9-18-7-5-6-15-24(18,2)22(19)14-16-25(20,21)3/h5-6,17-22H,7-16H2,1-4H3/t17-,18+,19+,20-,21+,22+,24+,25-/m1/s1. The molecule has 0 radical (unpaired) electrons. The van der Waals surface area contributed by atoms with E-state index in [2.05, 4.69) is 32.9 Å². The van der Waals surface area contributed by atoms with Gasteiger partial charge in [0.15, 0.2) is 0 Å². The van der Waals surface area contributed by atoms with Gasteiger partial charge in [-0.2, -0.15) is 0 Å². The summed E-state index contributed by atoms with van der Waals surface area (Å²) in [6.45, 7) is 7.65. The highest BCUT2D eigenvalue weighted by atomic mass is 16.5. The summed E-state index contributed by atoms with van der Waals surface area (Å²) in [6.07, 6.45) is 17.8. The summed E-state index contributed by atoms with van der Waals surface area (Å²) in [5.41, 5.74) is 1.07. The van der Waals surface area contributed by atoms with E-state index in [-0.39, 0.29) is 5.97 Å². The number of carbonyl (C=O) groups is 1. The number of allylic oxidation sites excluding steroid dienone is 2. The van der Waals surface area contributed by atoms with Gasteiger partial charge < -0.3 is 4.74 Å². The molecule has 0 bridgehead atoms. The minimum atomic E-state index is -0.0399. The summed E-state index contributed by atoms with van der Waals surface area (Å²) in [5, 5.41) is 0. The third-order valence-electron chi connectivity index (χ3n) is 10.0. The topological polar surface area (TPSA) is 26.3 Å². The molecule has 8 atom stereocenters. The normalized spacial score (nSPS) is 46.9. The maximum Gasteiger partial charge on any atom is 0.305 e. The molecule has 0 N–H and O–H groups in total. The fourth-order valence-corrected chi connectivity index (χ4v) is 8.46. The molecule has 0 saturated heterocycles. The minimum Gasteiger partial charge on any atom is -0.469 e. The summed E-state index contributed by atoms with van der Waals surface area (Å²) in [7, 11) is 1.51. The molecule has 27 heavy (non-hydrogen) atoms. The Balaban J connectivity index is 1.49.